The minimum absolute atomic E-state index is 0.257. The van der Waals surface area contributed by atoms with E-state index in [0.29, 0.717) is 32.4 Å². The summed E-state index contributed by atoms with van der Waals surface area (Å²) in [4.78, 5) is 13.4. The predicted octanol–water partition coefficient (Wildman–Crippen LogP) is 2.54. The number of hydrogen-bond donors (Lipinski definition) is 2. The molecule has 5 nitrogen and oxygen atoms in total. The SMILES string of the molecule is O=C(/C=C/C=C/c1cc(O)c(O)cc1C(F)(F)F)N1CCOCC1. The number of carbonyl (C=O) groups excluding carboxylic acids is 1. The van der Waals surface area contributed by atoms with Crippen molar-refractivity contribution in [1.82, 2.24) is 4.90 Å². The van der Waals surface area contributed by atoms with Crippen molar-refractivity contribution in [2.75, 3.05) is 26.3 Å². The van der Waals surface area contributed by atoms with E-state index in [1.165, 1.54) is 18.2 Å². The summed E-state index contributed by atoms with van der Waals surface area (Å²) in [5.74, 6) is -1.76. The van der Waals surface area contributed by atoms with Crippen LogP contribution in [0.3, 0.4) is 0 Å². The van der Waals surface area contributed by atoms with Crippen molar-refractivity contribution in [3.8, 4) is 11.5 Å². The largest absolute Gasteiger partial charge is 0.504 e. The lowest BCUT2D eigenvalue weighted by molar-refractivity contribution is -0.137. The third-order valence-electron chi connectivity index (χ3n) is 3.40. The van der Waals surface area contributed by atoms with Gasteiger partial charge in [-0.3, -0.25) is 4.79 Å². The summed E-state index contributed by atoms with van der Waals surface area (Å²) in [5, 5.41) is 18.6. The lowest BCUT2D eigenvalue weighted by Gasteiger charge is -2.25. The van der Waals surface area contributed by atoms with Gasteiger partial charge in [0.15, 0.2) is 11.5 Å². The lowest BCUT2D eigenvalue weighted by atomic mass is 10.1. The average molecular weight is 343 g/mol. The van der Waals surface area contributed by atoms with Crippen LogP contribution < -0.4 is 0 Å². The second kappa shape index (κ2) is 7.39. The van der Waals surface area contributed by atoms with Crippen LogP contribution in [0.5, 0.6) is 11.5 Å². The summed E-state index contributed by atoms with van der Waals surface area (Å²) in [6, 6.07) is 1.27. The number of alkyl halides is 3. The smallest absolute Gasteiger partial charge is 0.417 e. The molecule has 2 rings (SSSR count). The summed E-state index contributed by atoms with van der Waals surface area (Å²) in [7, 11) is 0. The summed E-state index contributed by atoms with van der Waals surface area (Å²) >= 11 is 0. The molecule has 1 aromatic rings. The number of phenols is 2. The summed E-state index contributed by atoms with van der Waals surface area (Å²) in [6.07, 6.45) is 0.250. The molecule has 1 aliphatic rings. The van der Waals surface area contributed by atoms with Gasteiger partial charge < -0.3 is 19.8 Å². The fourth-order valence-electron chi connectivity index (χ4n) is 2.16. The van der Waals surface area contributed by atoms with Crippen molar-refractivity contribution in [2.24, 2.45) is 0 Å². The number of aromatic hydroxyl groups is 2. The van der Waals surface area contributed by atoms with E-state index in [0.717, 1.165) is 12.1 Å². The van der Waals surface area contributed by atoms with Gasteiger partial charge in [-0.15, -0.1) is 0 Å². The van der Waals surface area contributed by atoms with Gasteiger partial charge in [0.1, 0.15) is 0 Å². The second-order valence-electron chi connectivity index (χ2n) is 5.08. The molecule has 130 valence electrons. The van der Waals surface area contributed by atoms with Gasteiger partial charge in [0.25, 0.3) is 0 Å². The maximum atomic E-state index is 12.9. The van der Waals surface area contributed by atoms with Crippen LogP contribution in [0.15, 0.2) is 30.4 Å². The average Bonchev–Trinajstić information content (AvgIpc) is 2.54. The van der Waals surface area contributed by atoms with E-state index in [1.807, 2.05) is 0 Å². The number of halogens is 3. The van der Waals surface area contributed by atoms with Crippen LogP contribution in [0.25, 0.3) is 6.08 Å². The zero-order chi connectivity index (χ0) is 17.7. The summed E-state index contributed by atoms with van der Waals surface area (Å²) < 4.78 is 43.9. The highest BCUT2D eigenvalue weighted by atomic mass is 19.4. The van der Waals surface area contributed by atoms with Crippen molar-refractivity contribution < 1.29 is 32.9 Å². The van der Waals surface area contributed by atoms with Gasteiger partial charge in [-0.2, -0.15) is 13.2 Å². The van der Waals surface area contributed by atoms with Crippen LogP contribution in [-0.4, -0.2) is 47.3 Å². The molecule has 0 unspecified atom stereocenters. The third kappa shape index (κ3) is 4.51. The Hall–Kier alpha value is -2.48. The lowest BCUT2D eigenvalue weighted by Crippen LogP contribution is -2.39. The number of morpholine rings is 1. The van der Waals surface area contributed by atoms with Crippen molar-refractivity contribution in [1.29, 1.82) is 0 Å². The van der Waals surface area contributed by atoms with E-state index < -0.39 is 23.2 Å². The van der Waals surface area contributed by atoms with Gasteiger partial charge in [0, 0.05) is 19.2 Å². The highest BCUT2D eigenvalue weighted by Gasteiger charge is 2.33. The number of ether oxygens (including phenoxy) is 1. The Morgan fingerprint density at radius 1 is 1.12 bits per heavy atom. The zero-order valence-corrected chi connectivity index (χ0v) is 12.6. The number of benzene rings is 1. The van der Waals surface area contributed by atoms with Crippen LogP contribution in [-0.2, 0) is 15.7 Å². The van der Waals surface area contributed by atoms with Crippen molar-refractivity contribution in [3.05, 3.63) is 41.5 Å². The maximum Gasteiger partial charge on any atom is 0.417 e. The molecule has 0 radical (unpaired) electrons. The Morgan fingerprint density at radius 2 is 1.75 bits per heavy atom. The van der Waals surface area contributed by atoms with E-state index in [-0.39, 0.29) is 11.5 Å². The predicted molar refractivity (Wildman–Crippen MR) is 80.3 cm³/mol. The second-order valence-corrected chi connectivity index (χ2v) is 5.08. The Morgan fingerprint density at radius 3 is 2.38 bits per heavy atom. The molecule has 0 bridgehead atoms. The van der Waals surface area contributed by atoms with Gasteiger partial charge in [-0.25, -0.2) is 0 Å². The Balaban J connectivity index is 2.12. The van der Waals surface area contributed by atoms with Gasteiger partial charge in [-0.05, 0) is 17.7 Å². The first-order valence-electron chi connectivity index (χ1n) is 7.13. The Labute approximate surface area is 136 Å². The number of allylic oxidation sites excluding steroid dienone is 2. The van der Waals surface area contributed by atoms with Gasteiger partial charge in [-0.1, -0.05) is 18.2 Å². The summed E-state index contributed by atoms with van der Waals surface area (Å²) in [6.45, 7) is 1.85. The van der Waals surface area contributed by atoms with E-state index >= 15 is 0 Å². The third-order valence-corrected chi connectivity index (χ3v) is 3.40. The number of carbonyl (C=O) groups is 1. The van der Waals surface area contributed by atoms with Crippen LogP contribution in [0.2, 0.25) is 0 Å². The zero-order valence-electron chi connectivity index (χ0n) is 12.6. The molecule has 1 heterocycles. The van der Waals surface area contributed by atoms with Crippen molar-refractivity contribution in [2.45, 2.75) is 6.18 Å². The van der Waals surface area contributed by atoms with Gasteiger partial charge in [0.2, 0.25) is 5.91 Å². The standard InChI is InChI=1S/C16H16F3NO4/c17-16(18,19)12-10-14(22)13(21)9-11(12)3-1-2-4-15(23)20-5-7-24-8-6-20/h1-4,9-10,21-22H,5-8H2/b3-1+,4-2+. The molecule has 0 spiro atoms. The first-order chi connectivity index (χ1) is 11.3. The molecule has 0 atom stereocenters. The molecule has 0 aromatic heterocycles. The molecule has 8 heteroatoms. The van der Waals surface area contributed by atoms with E-state index in [2.05, 4.69) is 0 Å². The minimum Gasteiger partial charge on any atom is -0.504 e. The number of hydrogen-bond acceptors (Lipinski definition) is 4. The Kier molecular flexibility index (Phi) is 5.50. The fourth-order valence-corrected chi connectivity index (χ4v) is 2.16. The quantitative estimate of drug-likeness (QED) is 0.503. The first-order valence-corrected chi connectivity index (χ1v) is 7.13. The van der Waals surface area contributed by atoms with Crippen molar-refractivity contribution >= 4 is 12.0 Å². The van der Waals surface area contributed by atoms with Crippen LogP contribution >= 0.6 is 0 Å². The molecule has 1 saturated heterocycles. The fraction of sp³-hybridized carbons (Fsp3) is 0.312. The van der Waals surface area contributed by atoms with E-state index in [1.54, 1.807) is 4.90 Å². The molecular weight excluding hydrogens is 327 g/mol. The van der Waals surface area contributed by atoms with Gasteiger partial charge in [0.05, 0.1) is 18.8 Å². The molecule has 1 aromatic carbocycles. The number of nitrogens with zero attached hydrogens (tertiary/aromatic N) is 1. The molecule has 2 N–H and O–H groups in total. The van der Waals surface area contributed by atoms with E-state index in [4.69, 9.17) is 4.74 Å². The molecule has 1 amide bonds. The van der Waals surface area contributed by atoms with Crippen molar-refractivity contribution in [3.63, 3.8) is 0 Å². The van der Waals surface area contributed by atoms with Crippen LogP contribution in [0.1, 0.15) is 11.1 Å². The Bertz CT molecular complexity index is 662. The van der Waals surface area contributed by atoms with Gasteiger partial charge >= 0.3 is 6.18 Å². The highest BCUT2D eigenvalue weighted by Crippen LogP contribution is 2.38. The summed E-state index contributed by atoms with van der Waals surface area (Å²) in [5.41, 5.74) is -1.40. The molecule has 24 heavy (non-hydrogen) atoms. The molecule has 0 aliphatic carbocycles. The van der Waals surface area contributed by atoms with Crippen LogP contribution in [0, 0.1) is 0 Å². The minimum atomic E-state index is -4.68. The number of phenolic OH excluding ortho intramolecular Hbond substituents is 2. The normalized spacial score (nSPS) is 16.2. The van der Waals surface area contributed by atoms with Crippen LogP contribution in [0.4, 0.5) is 13.2 Å². The molecule has 0 saturated carbocycles. The molecule has 1 fully saturated rings. The first kappa shape index (κ1) is 17.9. The highest BCUT2D eigenvalue weighted by molar-refractivity contribution is 5.88. The monoisotopic (exact) mass is 343 g/mol. The molecular formula is C16H16F3NO4. The number of amides is 1. The molecule has 1 aliphatic heterocycles. The maximum absolute atomic E-state index is 12.9. The number of rotatable bonds is 3. The topological polar surface area (TPSA) is 70.0 Å². The van der Waals surface area contributed by atoms with E-state index in [9.17, 15) is 28.2 Å².